The highest BCUT2D eigenvalue weighted by atomic mass is 19.4. The first kappa shape index (κ1) is 14.6. The number of fused-ring (bicyclic) bond motifs is 2. The SMILES string of the molecule is CN1C2CCC1CC(Nc1ccc(F)c(C(F)(F)F)c1)C2. The van der Waals surface area contributed by atoms with Gasteiger partial charge in [-0.2, -0.15) is 13.2 Å². The largest absolute Gasteiger partial charge is 0.419 e. The third-order valence-corrected chi connectivity index (χ3v) is 4.74. The molecule has 0 radical (unpaired) electrons. The molecule has 3 rings (SSSR count). The van der Waals surface area contributed by atoms with Gasteiger partial charge in [-0.3, -0.25) is 0 Å². The van der Waals surface area contributed by atoms with E-state index in [1.165, 1.54) is 6.07 Å². The minimum absolute atomic E-state index is 0.158. The predicted octanol–water partition coefficient (Wildman–Crippen LogP) is 3.88. The standard InChI is InChI=1S/C15H18F4N2/c1-21-11-3-4-12(21)7-10(6-11)20-9-2-5-14(16)13(8-9)15(17,18)19/h2,5,8,10-12,20H,3-4,6-7H2,1H3. The fraction of sp³-hybridized carbons (Fsp3) is 0.600. The molecule has 2 atom stereocenters. The second kappa shape index (κ2) is 5.16. The fourth-order valence-electron chi connectivity index (χ4n) is 3.60. The first-order chi connectivity index (χ1) is 9.84. The van der Waals surface area contributed by atoms with E-state index in [1.54, 1.807) is 0 Å². The maximum atomic E-state index is 13.3. The highest BCUT2D eigenvalue weighted by Crippen LogP contribution is 2.37. The van der Waals surface area contributed by atoms with E-state index in [-0.39, 0.29) is 6.04 Å². The summed E-state index contributed by atoms with van der Waals surface area (Å²) in [6, 6.07) is 4.30. The van der Waals surface area contributed by atoms with Crippen molar-refractivity contribution in [1.82, 2.24) is 4.90 Å². The Kier molecular flexibility index (Phi) is 3.59. The molecule has 1 aromatic carbocycles. The summed E-state index contributed by atoms with van der Waals surface area (Å²) in [7, 11) is 2.11. The molecule has 0 aromatic heterocycles. The number of halogens is 4. The summed E-state index contributed by atoms with van der Waals surface area (Å²) >= 11 is 0. The quantitative estimate of drug-likeness (QED) is 0.834. The van der Waals surface area contributed by atoms with Crippen molar-refractivity contribution in [3.63, 3.8) is 0 Å². The van der Waals surface area contributed by atoms with Crippen molar-refractivity contribution >= 4 is 5.69 Å². The molecule has 2 heterocycles. The molecule has 2 aliphatic heterocycles. The molecule has 21 heavy (non-hydrogen) atoms. The van der Waals surface area contributed by atoms with Gasteiger partial charge >= 0.3 is 6.18 Å². The minimum Gasteiger partial charge on any atom is -0.382 e. The summed E-state index contributed by atoms with van der Waals surface area (Å²) in [6.45, 7) is 0. The summed E-state index contributed by atoms with van der Waals surface area (Å²) in [5, 5.41) is 3.15. The molecule has 1 N–H and O–H groups in total. The first-order valence-electron chi connectivity index (χ1n) is 7.20. The topological polar surface area (TPSA) is 15.3 Å². The summed E-state index contributed by atoms with van der Waals surface area (Å²) in [6.07, 6.45) is -0.516. The smallest absolute Gasteiger partial charge is 0.382 e. The molecule has 2 bridgehead atoms. The normalized spacial score (nSPS) is 29.7. The number of hydrogen-bond donors (Lipinski definition) is 1. The molecule has 2 fully saturated rings. The van der Waals surface area contributed by atoms with E-state index in [4.69, 9.17) is 0 Å². The molecule has 2 nitrogen and oxygen atoms in total. The molecular weight excluding hydrogens is 284 g/mol. The molecule has 0 amide bonds. The number of nitrogens with one attached hydrogen (secondary N) is 1. The zero-order chi connectivity index (χ0) is 15.2. The van der Waals surface area contributed by atoms with Gasteiger partial charge in [-0.15, -0.1) is 0 Å². The van der Waals surface area contributed by atoms with Crippen LogP contribution in [0.4, 0.5) is 23.2 Å². The van der Waals surface area contributed by atoms with Gasteiger partial charge in [0.25, 0.3) is 0 Å². The van der Waals surface area contributed by atoms with Gasteiger partial charge in [0.2, 0.25) is 0 Å². The number of anilines is 1. The molecule has 0 saturated carbocycles. The number of nitrogens with zero attached hydrogens (tertiary/aromatic N) is 1. The average Bonchev–Trinajstić information content (AvgIpc) is 2.62. The Bertz CT molecular complexity index is 515. The van der Waals surface area contributed by atoms with E-state index in [0.717, 1.165) is 37.8 Å². The number of hydrogen-bond acceptors (Lipinski definition) is 2. The van der Waals surface area contributed by atoms with E-state index in [2.05, 4.69) is 17.3 Å². The van der Waals surface area contributed by atoms with Crippen LogP contribution in [0.1, 0.15) is 31.2 Å². The zero-order valence-corrected chi connectivity index (χ0v) is 11.8. The second-order valence-electron chi connectivity index (χ2n) is 6.06. The van der Waals surface area contributed by atoms with Gasteiger partial charge in [-0.05, 0) is 50.9 Å². The van der Waals surface area contributed by atoms with E-state index >= 15 is 0 Å². The average molecular weight is 302 g/mol. The molecule has 1 aromatic rings. The van der Waals surface area contributed by atoms with Gasteiger partial charge in [0.15, 0.2) is 0 Å². The van der Waals surface area contributed by atoms with Crippen LogP contribution in [0, 0.1) is 5.82 Å². The molecule has 0 spiro atoms. The molecular formula is C15H18F4N2. The van der Waals surface area contributed by atoms with E-state index in [9.17, 15) is 17.6 Å². The predicted molar refractivity (Wildman–Crippen MR) is 72.6 cm³/mol. The number of alkyl halides is 3. The lowest BCUT2D eigenvalue weighted by Gasteiger charge is -2.37. The third-order valence-electron chi connectivity index (χ3n) is 4.74. The van der Waals surface area contributed by atoms with Crippen LogP contribution in [0.15, 0.2) is 18.2 Å². The lowest BCUT2D eigenvalue weighted by molar-refractivity contribution is -0.139. The van der Waals surface area contributed by atoms with Gasteiger partial charge in [0, 0.05) is 23.8 Å². The maximum Gasteiger partial charge on any atom is 0.419 e. The van der Waals surface area contributed by atoms with Crippen molar-refractivity contribution < 1.29 is 17.6 Å². The third kappa shape index (κ3) is 2.86. The fourth-order valence-corrected chi connectivity index (χ4v) is 3.60. The van der Waals surface area contributed by atoms with Gasteiger partial charge in [-0.25, -0.2) is 4.39 Å². The first-order valence-corrected chi connectivity index (χ1v) is 7.20. The maximum absolute atomic E-state index is 13.3. The number of piperidine rings is 1. The van der Waals surface area contributed by atoms with Crippen LogP contribution in [0.5, 0.6) is 0 Å². The Labute approximate surface area is 121 Å². The minimum atomic E-state index is -4.66. The summed E-state index contributed by atoms with van der Waals surface area (Å²) in [5.74, 6) is -1.23. The summed E-state index contributed by atoms with van der Waals surface area (Å²) in [5.41, 5.74) is -0.860. The Morgan fingerprint density at radius 1 is 1.14 bits per heavy atom. The lowest BCUT2D eigenvalue weighted by Crippen LogP contribution is -2.44. The van der Waals surface area contributed by atoms with Gasteiger partial charge in [0.05, 0.1) is 5.56 Å². The van der Waals surface area contributed by atoms with Gasteiger partial charge < -0.3 is 10.2 Å². The molecule has 2 aliphatic rings. The molecule has 0 aliphatic carbocycles. The van der Waals surface area contributed by atoms with Crippen molar-refractivity contribution in [2.24, 2.45) is 0 Å². The van der Waals surface area contributed by atoms with Crippen LogP contribution in [0.2, 0.25) is 0 Å². The molecule has 2 unspecified atom stereocenters. The van der Waals surface area contributed by atoms with Crippen LogP contribution in [-0.2, 0) is 6.18 Å². The Morgan fingerprint density at radius 3 is 2.33 bits per heavy atom. The Balaban J connectivity index is 1.74. The van der Waals surface area contributed by atoms with E-state index in [1.807, 2.05) is 0 Å². The van der Waals surface area contributed by atoms with Crippen LogP contribution >= 0.6 is 0 Å². The molecule has 2 saturated heterocycles. The highest BCUT2D eigenvalue weighted by Gasteiger charge is 2.39. The van der Waals surface area contributed by atoms with Crippen LogP contribution in [0.25, 0.3) is 0 Å². The monoisotopic (exact) mass is 302 g/mol. The Hall–Kier alpha value is -1.30. The van der Waals surface area contributed by atoms with Crippen LogP contribution in [0.3, 0.4) is 0 Å². The van der Waals surface area contributed by atoms with Gasteiger partial charge in [0.1, 0.15) is 5.82 Å². The highest BCUT2D eigenvalue weighted by molar-refractivity contribution is 5.48. The lowest BCUT2D eigenvalue weighted by atomic mass is 9.97. The molecule has 116 valence electrons. The van der Waals surface area contributed by atoms with Crippen molar-refractivity contribution in [1.29, 1.82) is 0 Å². The Morgan fingerprint density at radius 2 is 1.76 bits per heavy atom. The van der Waals surface area contributed by atoms with Crippen molar-refractivity contribution in [3.05, 3.63) is 29.6 Å². The van der Waals surface area contributed by atoms with Crippen LogP contribution < -0.4 is 5.32 Å². The number of rotatable bonds is 2. The van der Waals surface area contributed by atoms with Crippen molar-refractivity contribution in [2.45, 2.75) is 50.0 Å². The van der Waals surface area contributed by atoms with Crippen LogP contribution in [-0.4, -0.2) is 30.1 Å². The van der Waals surface area contributed by atoms with E-state index in [0.29, 0.717) is 17.8 Å². The molecule has 6 heteroatoms. The summed E-state index contributed by atoms with van der Waals surface area (Å²) in [4.78, 5) is 2.37. The second-order valence-corrected chi connectivity index (χ2v) is 6.06. The van der Waals surface area contributed by atoms with Crippen molar-refractivity contribution in [2.75, 3.05) is 12.4 Å². The zero-order valence-electron chi connectivity index (χ0n) is 11.8. The number of benzene rings is 1. The van der Waals surface area contributed by atoms with E-state index < -0.39 is 17.6 Å². The van der Waals surface area contributed by atoms with Gasteiger partial charge in [-0.1, -0.05) is 0 Å². The van der Waals surface area contributed by atoms with Crippen molar-refractivity contribution in [3.8, 4) is 0 Å². The summed E-state index contributed by atoms with van der Waals surface area (Å²) < 4.78 is 51.4.